The summed E-state index contributed by atoms with van der Waals surface area (Å²) in [5.41, 5.74) is 0.354. The molecule has 1 aromatic heterocycles. The lowest BCUT2D eigenvalue weighted by Gasteiger charge is -2.12. The van der Waals surface area contributed by atoms with Gasteiger partial charge in [0, 0.05) is 25.0 Å². The Balaban J connectivity index is 1.49. The third-order valence-electron chi connectivity index (χ3n) is 5.21. The van der Waals surface area contributed by atoms with Gasteiger partial charge in [-0.3, -0.25) is 10.1 Å². The fourth-order valence-electron chi connectivity index (χ4n) is 3.29. The first-order valence-electron chi connectivity index (χ1n) is 11.6. The van der Waals surface area contributed by atoms with E-state index in [1.807, 2.05) is 0 Å². The number of ether oxygens (including phenoxy) is 4. The van der Waals surface area contributed by atoms with Crippen LogP contribution in [0.5, 0.6) is 28.1 Å². The molecular formula is C27H24N2O9S2. The molecule has 0 atom stereocenters. The second kappa shape index (κ2) is 12.6. The Hall–Kier alpha value is -4.46. The summed E-state index contributed by atoms with van der Waals surface area (Å²) in [6.45, 7) is 0.575. The van der Waals surface area contributed by atoms with E-state index in [1.165, 1.54) is 60.8 Å². The molecule has 11 nitrogen and oxygen atoms in total. The molecule has 0 aliphatic carbocycles. The average molecular weight is 585 g/mol. The zero-order valence-corrected chi connectivity index (χ0v) is 23.0. The van der Waals surface area contributed by atoms with Crippen molar-refractivity contribution >= 4 is 38.2 Å². The van der Waals surface area contributed by atoms with Crippen LogP contribution in [-0.2, 0) is 14.6 Å². The number of carbonyl (C=O) groups is 2. The number of methoxy groups -OCH3 is 1. The molecule has 0 saturated carbocycles. The molecule has 0 aliphatic rings. The van der Waals surface area contributed by atoms with Crippen molar-refractivity contribution in [3.8, 4) is 28.1 Å². The molecule has 1 amide bonds. The van der Waals surface area contributed by atoms with E-state index in [-0.39, 0.29) is 27.8 Å². The van der Waals surface area contributed by atoms with Crippen molar-refractivity contribution in [1.82, 2.24) is 4.98 Å². The van der Waals surface area contributed by atoms with Crippen LogP contribution in [0.15, 0.2) is 77.8 Å². The van der Waals surface area contributed by atoms with E-state index in [1.54, 1.807) is 19.2 Å². The molecule has 4 aromatic rings. The van der Waals surface area contributed by atoms with E-state index in [0.29, 0.717) is 34.7 Å². The molecule has 13 heteroatoms. The Morgan fingerprint density at radius 3 is 2.17 bits per heavy atom. The molecule has 3 aromatic carbocycles. The lowest BCUT2D eigenvalue weighted by molar-refractivity contribution is 0.0696. The summed E-state index contributed by atoms with van der Waals surface area (Å²) in [4.78, 5) is 28.4. The van der Waals surface area contributed by atoms with Gasteiger partial charge >= 0.3 is 5.97 Å². The Bertz CT molecular complexity index is 1600. The third kappa shape index (κ3) is 7.79. The lowest BCUT2D eigenvalue weighted by atomic mass is 10.2. The van der Waals surface area contributed by atoms with Crippen molar-refractivity contribution in [3.63, 3.8) is 0 Å². The number of aromatic nitrogens is 1. The molecule has 0 aliphatic heterocycles. The first-order valence-corrected chi connectivity index (χ1v) is 14.3. The van der Waals surface area contributed by atoms with Crippen molar-refractivity contribution in [1.29, 1.82) is 0 Å². The van der Waals surface area contributed by atoms with Crippen LogP contribution >= 0.6 is 11.3 Å². The van der Waals surface area contributed by atoms with Gasteiger partial charge in [0.15, 0.2) is 15.0 Å². The van der Waals surface area contributed by atoms with Gasteiger partial charge in [-0.15, -0.1) is 0 Å². The molecule has 0 unspecified atom stereocenters. The largest absolute Gasteiger partial charge is 0.491 e. The number of rotatable bonds is 12. The summed E-state index contributed by atoms with van der Waals surface area (Å²) in [5, 5.41) is 12.4. The molecular weight excluding hydrogens is 560 g/mol. The van der Waals surface area contributed by atoms with E-state index in [9.17, 15) is 18.0 Å². The molecule has 0 radical (unpaired) electrons. The number of aromatic carboxylic acids is 1. The van der Waals surface area contributed by atoms with Gasteiger partial charge in [0.1, 0.15) is 29.6 Å². The van der Waals surface area contributed by atoms with Crippen molar-refractivity contribution in [3.05, 3.63) is 84.1 Å². The van der Waals surface area contributed by atoms with E-state index in [0.717, 1.165) is 17.6 Å². The number of amides is 1. The van der Waals surface area contributed by atoms with Crippen LogP contribution in [0.2, 0.25) is 0 Å². The summed E-state index contributed by atoms with van der Waals surface area (Å²) in [6.07, 6.45) is 2.55. The summed E-state index contributed by atoms with van der Waals surface area (Å²) in [7, 11) is -1.82. The van der Waals surface area contributed by atoms with Gasteiger partial charge in [-0.2, -0.15) is 0 Å². The highest BCUT2D eigenvalue weighted by Crippen LogP contribution is 2.32. The lowest BCUT2D eigenvalue weighted by Crippen LogP contribution is -2.12. The molecule has 2 N–H and O–H groups in total. The highest BCUT2D eigenvalue weighted by molar-refractivity contribution is 7.90. The second-order valence-electron chi connectivity index (χ2n) is 8.25. The van der Waals surface area contributed by atoms with Gasteiger partial charge in [-0.25, -0.2) is 18.2 Å². The maximum absolute atomic E-state index is 13.1. The SMILES string of the molecule is COCCOc1cc(Oc2ccc(S(C)(=O)=O)cc2)cc(C(=O)Nc2ncc(Oc3ccc(C(=O)O)cc3)s2)c1. The predicted octanol–water partition coefficient (Wildman–Crippen LogP) is 5.11. The number of carbonyl (C=O) groups excluding carboxylic acids is 1. The number of sulfone groups is 1. The third-order valence-corrected chi connectivity index (χ3v) is 7.13. The minimum absolute atomic E-state index is 0.132. The monoisotopic (exact) mass is 584 g/mol. The Labute approximate surface area is 233 Å². The van der Waals surface area contributed by atoms with Crippen LogP contribution in [0.4, 0.5) is 5.13 Å². The highest BCUT2D eigenvalue weighted by Gasteiger charge is 2.15. The molecule has 0 bridgehead atoms. The van der Waals surface area contributed by atoms with Gasteiger partial charge in [0.25, 0.3) is 5.91 Å². The number of nitrogens with zero attached hydrogens (tertiary/aromatic N) is 1. The quantitative estimate of drug-likeness (QED) is 0.215. The maximum atomic E-state index is 13.1. The van der Waals surface area contributed by atoms with Crippen molar-refractivity contribution in [2.75, 3.05) is 31.9 Å². The summed E-state index contributed by atoms with van der Waals surface area (Å²) < 4.78 is 45.7. The van der Waals surface area contributed by atoms with Gasteiger partial charge in [0.05, 0.1) is 23.3 Å². The molecule has 1 heterocycles. The fourth-order valence-corrected chi connectivity index (χ4v) is 4.61. The van der Waals surface area contributed by atoms with Gasteiger partial charge in [0.2, 0.25) is 5.06 Å². The predicted molar refractivity (Wildman–Crippen MR) is 147 cm³/mol. The number of carboxylic acids is 1. The summed E-state index contributed by atoms with van der Waals surface area (Å²) in [5.74, 6) is -0.0904. The van der Waals surface area contributed by atoms with Crippen LogP contribution in [0.3, 0.4) is 0 Å². The number of hydrogen-bond acceptors (Lipinski definition) is 10. The number of anilines is 1. The summed E-state index contributed by atoms with van der Waals surface area (Å²) in [6, 6.07) is 16.4. The summed E-state index contributed by atoms with van der Waals surface area (Å²) >= 11 is 1.08. The second-order valence-corrected chi connectivity index (χ2v) is 11.3. The number of nitrogens with one attached hydrogen (secondary N) is 1. The van der Waals surface area contributed by atoms with Gasteiger partial charge < -0.3 is 24.1 Å². The number of thiazole rings is 1. The molecule has 0 fully saturated rings. The molecule has 0 saturated heterocycles. The number of hydrogen-bond donors (Lipinski definition) is 2. The zero-order chi connectivity index (χ0) is 28.7. The topological polar surface area (TPSA) is 150 Å². The molecule has 4 rings (SSSR count). The van der Waals surface area contributed by atoms with Crippen LogP contribution in [0.25, 0.3) is 0 Å². The van der Waals surface area contributed by atoms with E-state index < -0.39 is 21.7 Å². The molecule has 40 heavy (non-hydrogen) atoms. The van der Waals surface area contributed by atoms with Crippen LogP contribution in [0, 0.1) is 0 Å². The highest BCUT2D eigenvalue weighted by atomic mass is 32.2. The van der Waals surface area contributed by atoms with Gasteiger partial charge in [-0.1, -0.05) is 11.3 Å². The van der Waals surface area contributed by atoms with Crippen LogP contribution in [-0.4, -0.2) is 57.0 Å². The normalized spacial score (nSPS) is 11.1. The molecule has 0 spiro atoms. The maximum Gasteiger partial charge on any atom is 0.335 e. The van der Waals surface area contributed by atoms with Crippen molar-refractivity contribution in [2.24, 2.45) is 0 Å². The first-order chi connectivity index (χ1) is 19.1. The fraction of sp³-hybridized carbons (Fsp3) is 0.148. The number of carboxylic acid groups (broad SMARTS) is 1. The zero-order valence-electron chi connectivity index (χ0n) is 21.3. The van der Waals surface area contributed by atoms with Crippen LogP contribution < -0.4 is 19.5 Å². The Morgan fingerprint density at radius 1 is 0.875 bits per heavy atom. The first kappa shape index (κ1) is 28.5. The van der Waals surface area contributed by atoms with E-state index in [2.05, 4.69) is 10.3 Å². The minimum atomic E-state index is -3.36. The Morgan fingerprint density at radius 2 is 1.52 bits per heavy atom. The number of benzene rings is 3. The average Bonchev–Trinajstić information content (AvgIpc) is 3.35. The standard InChI is InChI=1S/C27H24N2O9S2/c1-35-11-12-36-21-13-18(14-22(15-21)37-19-7-9-23(10-8-19)40(2,33)34)25(30)29-27-28-16-24(39-27)38-20-5-3-17(4-6-20)26(31)32/h3-10,13-16H,11-12H2,1-2H3,(H,31,32)(H,28,29,30). The minimum Gasteiger partial charge on any atom is -0.491 e. The van der Waals surface area contributed by atoms with E-state index >= 15 is 0 Å². The van der Waals surface area contributed by atoms with Crippen molar-refractivity contribution < 1.29 is 42.1 Å². The Kier molecular flexibility index (Phi) is 8.99. The smallest absolute Gasteiger partial charge is 0.335 e. The van der Waals surface area contributed by atoms with E-state index in [4.69, 9.17) is 24.1 Å². The van der Waals surface area contributed by atoms with Gasteiger partial charge in [-0.05, 0) is 60.7 Å². The van der Waals surface area contributed by atoms with Crippen molar-refractivity contribution in [2.45, 2.75) is 4.90 Å². The molecule has 208 valence electrons. The van der Waals surface area contributed by atoms with Crippen LogP contribution in [0.1, 0.15) is 20.7 Å².